The van der Waals surface area contributed by atoms with Crippen LogP contribution in [0.4, 0.5) is 0 Å². The molecule has 322 valence electrons. The zero-order chi connectivity index (χ0) is 39.5. The zero-order valence-electron chi connectivity index (χ0n) is 35.3. The van der Waals surface area contributed by atoms with E-state index in [2.05, 4.69) is 19.2 Å². The molecule has 0 aliphatic carbocycles. The number of ether oxygens (including phenoxy) is 2. The van der Waals surface area contributed by atoms with E-state index in [-0.39, 0.29) is 12.5 Å². The van der Waals surface area contributed by atoms with Gasteiger partial charge in [0, 0.05) is 6.42 Å². The van der Waals surface area contributed by atoms with Crippen LogP contribution in [0.15, 0.2) is 0 Å². The highest BCUT2D eigenvalue weighted by atomic mass is 16.7. The Balaban J connectivity index is 2.26. The highest BCUT2D eigenvalue weighted by Crippen LogP contribution is 2.23. The number of hydrogen-bond donors (Lipinski definition) is 6. The van der Waals surface area contributed by atoms with E-state index < -0.39 is 49.5 Å². The van der Waals surface area contributed by atoms with E-state index in [1.54, 1.807) is 0 Å². The lowest BCUT2D eigenvalue weighted by Crippen LogP contribution is -2.60. The summed E-state index contributed by atoms with van der Waals surface area (Å²) >= 11 is 0. The summed E-state index contributed by atoms with van der Waals surface area (Å²) in [6.45, 7) is 3.83. The van der Waals surface area contributed by atoms with E-state index in [4.69, 9.17) is 9.47 Å². The number of aliphatic hydroxyl groups is 5. The van der Waals surface area contributed by atoms with Crippen LogP contribution < -0.4 is 5.32 Å². The summed E-state index contributed by atoms with van der Waals surface area (Å²) in [4.78, 5) is 12.9. The molecule has 7 atom stereocenters. The third-order valence-electron chi connectivity index (χ3n) is 11.5. The summed E-state index contributed by atoms with van der Waals surface area (Å²) in [6, 6.07) is -0.710. The van der Waals surface area contributed by atoms with Crippen molar-refractivity contribution < 1.29 is 39.8 Å². The molecule has 0 saturated carbocycles. The molecule has 0 spiro atoms. The first kappa shape index (κ1) is 51.2. The maximum absolute atomic E-state index is 12.9. The van der Waals surface area contributed by atoms with Gasteiger partial charge in [-0.3, -0.25) is 4.79 Å². The van der Waals surface area contributed by atoms with Crippen LogP contribution in [0.1, 0.15) is 226 Å². The van der Waals surface area contributed by atoms with E-state index in [9.17, 15) is 30.3 Å². The summed E-state index contributed by atoms with van der Waals surface area (Å²) in [6.07, 6.45) is 32.6. The van der Waals surface area contributed by atoms with Crippen LogP contribution in [0.3, 0.4) is 0 Å². The normalized spacial score (nSPS) is 21.4. The minimum Gasteiger partial charge on any atom is -0.394 e. The molecule has 0 radical (unpaired) electrons. The smallest absolute Gasteiger partial charge is 0.220 e. The Morgan fingerprint density at radius 2 is 0.926 bits per heavy atom. The van der Waals surface area contributed by atoms with Crippen molar-refractivity contribution in [3.05, 3.63) is 0 Å². The molecule has 7 unspecified atom stereocenters. The van der Waals surface area contributed by atoms with Gasteiger partial charge < -0.3 is 40.3 Å². The van der Waals surface area contributed by atoms with Crippen molar-refractivity contribution in [3.63, 3.8) is 0 Å². The van der Waals surface area contributed by atoms with Gasteiger partial charge in [-0.2, -0.15) is 0 Å². The highest BCUT2D eigenvalue weighted by molar-refractivity contribution is 5.76. The molecule has 9 nitrogen and oxygen atoms in total. The number of unbranched alkanes of at least 4 members (excludes halogenated alkanes) is 29. The fraction of sp³-hybridized carbons (Fsp3) is 0.978. The van der Waals surface area contributed by atoms with E-state index in [0.29, 0.717) is 12.8 Å². The van der Waals surface area contributed by atoms with E-state index >= 15 is 0 Å². The van der Waals surface area contributed by atoms with E-state index in [1.807, 2.05) is 0 Å². The first-order valence-electron chi connectivity index (χ1n) is 23.2. The lowest BCUT2D eigenvalue weighted by atomic mass is 9.99. The van der Waals surface area contributed by atoms with Crippen LogP contribution in [-0.2, 0) is 14.3 Å². The van der Waals surface area contributed by atoms with Gasteiger partial charge in [0.15, 0.2) is 6.29 Å². The largest absolute Gasteiger partial charge is 0.394 e. The lowest BCUT2D eigenvalue weighted by molar-refractivity contribution is -0.302. The Kier molecular flexibility index (Phi) is 34.6. The van der Waals surface area contributed by atoms with Crippen LogP contribution in [-0.4, -0.2) is 87.5 Å². The topological polar surface area (TPSA) is 149 Å². The Bertz CT molecular complexity index is 817. The molecule has 9 heteroatoms. The first-order chi connectivity index (χ1) is 26.3. The van der Waals surface area contributed by atoms with Crippen molar-refractivity contribution in [1.29, 1.82) is 0 Å². The van der Waals surface area contributed by atoms with Crippen molar-refractivity contribution in [2.45, 2.75) is 269 Å². The molecule has 1 saturated heterocycles. The molecular weight excluding hydrogens is 682 g/mol. The maximum Gasteiger partial charge on any atom is 0.220 e. The van der Waals surface area contributed by atoms with Gasteiger partial charge in [-0.05, 0) is 12.8 Å². The standard InChI is InChI=1S/C45H89NO8/c1-3-5-7-9-11-13-15-16-17-18-19-20-21-22-23-24-25-26-28-30-32-34-39(48)38(37-53-45-44(52)43(51)42(50)40(36-47)54-45)46-41(49)35-33-31-29-27-14-12-10-8-6-4-2/h38-40,42-45,47-48,50-52H,3-37H2,1-2H3,(H,46,49). The van der Waals surface area contributed by atoms with Crippen molar-refractivity contribution in [3.8, 4) is 0 Å². The second-order valence-corrected chi connectivity index (χ2v) is 16.6. The predicted octanol–water partition coefficient (Wildman–Crippen LogP) is 9.56. The van der Waals surface area contributed by atoms with Crippen molar-refractivity contribution in [2.24, 2.45) is 0 Å². The molecule has 1 rings (SSSR count). The second kappa shape index (κ2) is 36.5. The molecule has 6 N–H and O–H groups in total. The fourth-order valence-corrected chi connectivity index (χ4v) is 7.69. The number of aliphatic hydroxyl groups excluding tert-OH is 5. The van der Waals surface area contributed by atoms with Crippen molar-refractivity contribution >= 4 is 5.91 Å². The average molecular weight is 772 g/mol. The van der Waals surface area contributed by atoms with Gasteiger partial charge in [0.05, 0.1) is 25.4 Å². The number of hydrogen-bond acceptors (Lipinski definition) is 8. The molecule has 1 amide bonds. The zero-order valence-corrected chi connectivity index (χ0v) is 35.3. The van der Waals surface area contributed by atoms with Gasteiger partial charge in [-0.25, -0.2) is 0 Å². The van der Waals surface area contributed by atoms with Crippen LogP contribution in [0, 0.1) is 0 Å². The average Bonchev–Trinajstić information content (AvgIpc) is 3.17. The molecule has 1 heterocycles. The van der Waals surface area contributed by atoms with Crippen LogP contribution in [0.25, 0.3) is 0 Å². The van der Waals surface area contributed by atoms with Gasteiger partial charge in [0.1, 0.15) is 24.4 Å². The number of rotatable bonds is 39. The number of amides is 1. The van der Waals surface area contributed by atoms with Gasteiger partial charge >= 0.3 is 0 Å². The van der Waals surface area contributed by atoms with Crippen molar-refractivity contribution in [2.75, 3.05) is 13.2 Å². The predicted molar refractivity (Wildman–Crippen MR) is 221 cm³/mol. The van der Waals surface area contributed by atoms with Gasteiger partial charge in [0.2, 0.25) is 5.91 Å². The maximum atomic E-state index is 12.9. The minimum atomic E-state index is -1.55. The summed E-state index contributed by atoms with van der Waals surface area (Å²) in [5.41, 5.74) is 0. The quantitative estimate of drug-likeness (QED) is 0.0339. The molecule has 1 fully saturated rings. The third-order valence-corrected chi connectivity index (χ3v) is 11.5. The van der Waals surface area contributed by atoms with Gasteiger partial charge in [0.25, 0.3) is 0 Å². The SMILES string of the molecule is CCCCCCCCCCCCCCCCCCCCCCCC(O)C(COC1OC(CO)C(O)C(O)C1O)NC(=O)CCCCCCCCCCCC. The molecule has 0 aromatic rings. The van der Waals surface area contributed by atoms with E-state index in [0.717, 1.165) is 38.5 Å². The third kappa shape index (κ3) is 26.9. The summed E-state index contributed by atoms with van der Waals surface area (Å²) < 4.78 is 11.2. The van der Waals surface area contributed by atoms with Crippen LogP contribution >= 0.6 is 0 Å². The molecule has 0 aromatic carbocycles. The van der Waals surface area contributed by atoms with E-state index in [1.165, 1.54) is 161 Å². The molecule has 0 bridgehead atoms. The summed E-state index contributed by atoms with van der Waals surface area (Å²) in [5.74, 6) is -0.144. The van der Waals surface area contributed by atoms with Crippen LogP contribution in [0.5, 0.6) is 0 Å². The van der Waals surface area contributed by atoms with Gasteiger partial charge in [-0.1, -0.05) is 206 Å². The highest BCUT2D eigenvalue weighted by Gasteiger charge is 2.44. The Morgan fingerprint density at radius 1 is 0.556 bits per heavy atom. The second-order valence-electron chi connectivity index (χ2n) is 16.6. The first-order valence-corrected chi connectivity index (χ1v) is 23.2. The number of nitrogens with one attached hydrogen (secondary N) is 1. The van der Waals surface area contributed by atoms with Crippen LogP contribution in [0.2, 0.25) is 0 Å². The molecule has 1 aliphatic rings. The molecule has 54 heavy (non-hydrogen) atoms. The number of carbonyl (C=O) groups excluding carboxylic acids is 1. The van der Waals surface area contributed by atoms with Gasteiger partial charge in [-0.15, -0.1) is 0 Å². The number of carbonyl (C=O) groups is 1. The molecular formula is C45H89NO8. The lowest BCUT2D eigenvalue weighted by Gasteiger charge is -2.40. The molecule has 1 aliphatic heterocycles. The Labute approximate surface area is 332 Å². The Hall–Kier alpha value is -0.810. The monoisotopic (exact) mass is 772 g/mol. The Morgan fingerprint density at radius 3 is 1.31 bits per heavy atom. The van der Waals surface area contributed by atoms with Crippen molar-refractivity contribution in [1.82, 2.24) is 5.32 Å². The fourth-order valence-electron chi connectivity index (χ4n) is 7.69. The summed E-state index contributed by atoms with van der Waals surface area (Å²) in [7, 11) is 0. The minimum absolute atomic E-state index is 0.132. The summed E-state index contributed by atoms with van der Waals surface area (Å²) in [5, 5.41) is 54.3. The molecule has 0 aromatic heterocycles.